The summed E-state index contributed by atoms with van der Waals surface area (Å²) in [6.07, 6.45) is 0.231. The van der Waals surface area contributed by atoms with Gasteiger partial charge in [-0.2, -0.15) is 0 Å². The standard InChI is InChI=1S/C7H9NO4/c9-6(10)5-2-3-1-4(3)8(5)7(11)12/h3-5H,1-2H2,(H,9,10)(H,11,12)/t3?,4-,5-/m1/s1. The van der Waals surface area contributed by atoms with Gasteiger partial charge in [0.1, 0.15) is 6.04 Å². The summed E-state index contributed by atoms with van der Waals surface area (Å²) in [6, 6.07) is -0.810. The van der Waals surface area contributed by atoms with E-state index in [1.54, 1.807) is 0 Å². The fourth-order valence-corrected chi connectivity index (χ4v) is 1.95. The van der Waals surface area contributed by atoms with Crippen LogP contribution >= 0.6 is 0 Å². The van der Waals surface area contributed by atoms with Crippen molar-refractivity contribution < 1.29 is 19.8 Å². The number of hydrogen-bond donors (Lipinski definition) is 2. The number of piperidine rings is 1. The largest absolute Gasteiger partial charge is 0.480 e. The monoisotopic (exact) mass is 171 g/mol. The van der Waals surface area contributed by atoms with Gasteiger partial charge < -0.3 is 10.2 Å². The van der Waals surface area contributed by atoms with Gasteiger partial charge >= 0.3 is 12.1 Å². The fraction of sp³-hybridized carbons (Fsp3) is 0.714. The lowest BCUT2D eigenvalue weighted by atomic mass is 10.2. The number of amides is 1. The molecule has 1 saturated carbocycles. The van der Waals surface area contributed by atoms with Crippen LogP contribution in [0.4, 0.5) is 4.79 Å². The highest BCUT2D eigenvalue weighted by atomic mass is 16.4. The van der Waals surface area contributed by atoms with Crippen molar-refractivity contribution in [3.05, 3.63) is 0 Å². The van der Waals surface area contributed by atoms with Crippen molar-refractivity contribution in [1.82, 2.24) is 4.90 Å². The van der Waals surface area contributed by atoms with Crippen molar-refractivity contribution in [2.75, 3.05) is 0 Å². The zero-order valence-electron chi connectivity index (χ0n) is 6.30. The summed E-state index contributed by atoms with van der Waals surface area (Å²) >= 11 is 0. The summed E-state index contributed by atoms with van der Waals surface area (Å²) in [4.78, 5) is 22.3. The molecule has 1 aliphatic carbocycles. The summed E-state index contributed by atoms with van der Waals surface area (Å²) in [6.45, 7) is 0. The van der Waals surface area contributed by atoms with E-state index in [4.69, 9.17) is 10.2 Å². The Hall–Kier alpha value is -1.26. The minimum Gasteiger partial charge on any atom is -0.480 e. The zero-order chi connectivity index (χ0) is 8.88. The maximum absolute atomic E-state index is 10.6. The molecule has 5 nitrogen and oxygen atoms in total. The minimum absolute atomic E-state index is 0.0106. The highest BCUT2D eigenvalue weighted by Crippen LogP contribution is 2.47. The number of likely N-dealkylation sites (tertiary alicyclic amines) is 1. The van der Waals surface area contributed by atoms with Crippen LogP contribution in [0.1, 0.15) is 12.8 Å². The molecule has 0 bridgehead atoms. The maximum Gasteiger partial charge on any atom is 0.408 e. The van der Waals surface area contributed by atoms with Crippen molar-refractivity contribution in [3.63, 3.8) is 0 Å². The summed E-state index contributed by atoms with van der Waals surface area (Å²) in [7, 11) is 0. The highest BCUT2D eigenvalue weighted by Gasteiger charge is 2.56. The Balaban J connectivity index is 2.16. The SMILES string of the molecule is O=C(O)[C@H]1CC2C[C@H]2N1C(=O)O. The first-order valence-electron chi connectivity index (χ1n) is 3.85. The molecular weight excluding hydrogens is 162 g/mol. The quantitative estimate of drug-likeness (QED) is 0.591. The van der Waals surface area contributed by atoms with E-state index in [9.17, 15) is 9.59 Å². The second kappa shape index (κ2) is 2.12. The Morgan fingerprint density at radius 1 is 1.25 bits per heavy atom. The first kappa shape index (κ1) is 7.39. The third kappa shape index (κ3) is 0.855. The fourth-order valence-electron chi connectivity index (χ4n) is 1.95. The molecular formula is C7H9NO4. The molecule has 12 heavy (non-hydrogen) atoms. The molecule has 1 unspecified atom stereocenters. The molecule has 2 fully saturated rings. The van der Waals surface area contributed by atoms with Gasteiger partial charge in [0.2, 0.25) is 0 Å². The molecule has 1 heterocycles. The Morgan fingerprint density at radius 2 is 1.92 bits per heavy atom. The topological polar surface area (TPSA) is 77.8 Å². The van der Waals surface area contributed by atoms with Gasteiger partial charge in [0, 0.05) is 6.04 Å². The van der Waals surface area contributed by atoms with Gasteiger partial charge in [0.15, 0.2) is 0 Å². The number of aliphatic carboxylic acids is 1. The van der Waals surface area contributed by atoms with Gasteiger partial charge in [0.05, 0.1) is 0 Å². The second-order valence-corrected chi connectivity index (χ2v) is 3.34. The number of fused-ring (bicyclic) bond motifs is 1. The van der Waals surface area contributed by atoms with Crippen LogP contribution < -0.4 is 0 Å². The smallest absolute Gasteiger partial charge is 0.408 e. The van der Waals surface area contributed by atoms with Crippen LogP contribution in [-0.4, -0.2) is 39.3 Å². The molecule has 0 aromatic carbocycles. The summed E-state index contributed by atoms with van der Waals surface area (Å²) in [5.41, 5.74) is 0. The molecule has 2 N–H and O–H groups in total. The summed E-state index contributed by atoms with van der Waals surface area (Å²) < 4.78 is 0. The van der Waals surface area contributed by atoms with Crippen LogP contribution in [0.25, 0.3) is 0 Å². The highest BCUT2D eigenvalue weighted by molar-refractivity contribution is 5.81. The molecule has 2 aliphatic rings. The van der Waals surface area contributed by atoms with Gasteiger partial charge in [-0.3, -0.25) is 4.90 Å². The van der Waals surface area contributed by atoms with Crippen LogP contribution in [-0.2, 0) is 4.79 Å². The van der Waals surface area contributed by atoms with Crippen LogP contribution in [0.3, 0.4) is 0 Å². The second-order valence-electron chi connectivity index (χ2n) is 3.34. The first-order chi connectivity index (χ1) is 5.61. The lowest BCUT2D eigenvalue weighted by molar-refractivity contribution is -0.142. The molecule has 3 atom stereocenters. The van der Waals surface area contributed by atoms with Gasteiger partial charge in [-0.15, -0.1) is 0 Å². The van der Waals surface area contributed by atoms with E-state index < -0.39 is 18.1 Å². The Labute approximate surface area is 68.6 Å². The van der Waals surface area contributed by atoms with Crippen molar-refractivity contribution >= 4 is 12.1 Å². The van der Waals surface area contributed by atoms with Gasteiger partial charge in [-0.25, -0.2) is 9.59 Å². The van der Waals surface area contributed by atoms with E-state index in [1.165, 1.54) is 0 Å². The average molecular weight is 171 g/mol. The van der Waals surface area contributed by atoms with E-state index in [1.807, 2.05) is 0 Å². The van der Waals surface area contributed by atoms with Crippen molar-refractivity contribution in [2.45, 2.75) is 24.9 Å². The average Bonchev–Trinajstić information content (AvgIpc) is 2.60. The molecule has 1 saturated heterocycles. The Bertz CT molecular complexity index is 252. The van der Waals surface area contributed by atoms with E-state index in [0.29, 0.717) is 12.3 Å². The number of rotatable bonds is 1. The van der Waals surface area contributed by atoms with Crippen molar-refractivity contribution in [2.24, 2.45) is 5.92 Å². The molecule has 5 heteroatoms. The van der Waals surface area contributed by atoms with E-state index in [2.05, 4.69) is 0 Å². The number of nitrogens with zero attached hydrogens (tertiary/aromatic N) is 1. The maximum atomic E-state index is 10.6. The van der Waals surface area contributed by atoms with Crippen molar-refractivity contribution in [1.29, 1.82) is 0 Å². The van der Waals surface area contributed by atoms with Crippen molar-refractivity contribution in [3.8, 4) is 0 Å². The summed E-state index contributed by atoms with van der Waals surface area (Å²) in [5.74, 6) is -0.716. The number of hydrogen-bond acceptors (Lipinski definition) is 2. The predicted molar refractivity (Wildman–Crippen MR) is 37.8 cm³/mol. The van der Waals surface area contributed by atoms with Crippen LogP contribution in [0, 0.1) is 5.92 Å². The molecule has 0 aromatic heterocycles. The minimum atomic E-state index is -1.10. The van der Waals surface area contributed by atoms with Gasteiger partial charge in [0.25, 0.3) is 0 Å². The molecule has 1 amide bonds. The third-order valence-electron chi connectivity index (χ3n) is 2.61. The Morgan fingerprint density at radius 3 is 2.33 bits per heavy atom. The molecule has 0 aromatic rings. The van der Waals surface area contributed by atoms with Gasteiger partial charge in [-0.05, 0) is 18.8 Å². The van der Waals surface area contributed by atoms with E-state index in [0.717, 1.165) is 11.3 Å². The molecule has 1 aliphatic heterocycles. The number of carbonyl (C=O) groups is 2. The third-order valence-corrected chi connectivity index (χ3v) is 2.61. The van der Waals surface area contributed by atoms with E-state index >= 15 is 0 Å². The molecule has 0 radical (unpaired) electrons. The molecule has 2 rings (SSSR count). The predicted octanol–water partition coefficient (Wildman–Crippen LogP) is 0.212. The van der Waals surface area contributed by atoms with Gasteiger partial charge in [-0.1, -0.05) is 0 Å². The van der Waals surface area contributed by atoms with Crippen LogP contribution in [0.2, 0.25) is 0 Å². The van der Waals surface area contributed by atoms with Crippen LogP contribution in [0.5, 0.6) is 0 Å². The molecule has 0 spiro atoms. The first-order valence-corrected chi connectivity index (χ1v) is 3.85. The molecule has 66 valence electrons. The van der Waals surface area contributed by atoms with E-state index in [-0.39, 0.29) is 6.04 Å². The number of carboxylic acids is 1. The summed E-state index contributed by atoms with van der Waals surface area (Å²) in [5, 5.41) is 17.4. The zero-order valence-corrected chi connectivity index (χ0v) is 6.30. The Kier molecular flexibility index (Phi) is 1.31. The lowest BCUT2D eigenvalue weighted by Crippen LogP contribution is -2.42. The normalized spacial score (nSPS) is 37.7. The number of carboxylic acid groups (broad SMARTS) is 2. The lowest BCUT2D eigenvalue weighted by Gasteiger charge is -2.20. The van der Waals surface area contributed by atoms with Crippen LogP contribution in [0.15, 0.2) is 0 Å².